The Hall–Kier alpha value is -2.12. The largest absolute Gasteiger partial charge is 0.488 e. The zero-order valence-corrected chi connectivity index (χ0v) is 12.0. The number of pyridine rings is 1. The number of aromatic nitrogens is 1. The summed E-state index contributed by atoms with van der Waals surface area (Å²) in [5, 5.41) is 19.3. The first kappa shape index (κ1) is 13.8. The fourth-order valence-corrected chi connectivity index (χ4v) is 2.49. The highest BCUT2D eigenvalue weighted by Crippen LogP contribution is 2.40. The molecule has 6 nitrogen and oxygen atoms in total. The highest BCUT2D eigenvalue weighted by Gasteiger charge is 2.40. The molecule has 1 aromatic carbocycles. The van der Waals surface area contributed by atoms with E-state index < -0.39 is 12.7 Å². The Morgan fingerprint density at radius 3 is 2.71 bits per heavy atom. The van der Waals surface area contributed by atoms with E-state index in [9.17, 15) is 14.8 Å². The Morgan fingerprint density at radius 2 is 2.05 bits per heavy atom. The molecule has 1 aromatic heterocycles. The molecule has 0 spiro atoms. The maximum absolute atomic E-state index is 12.2. The first-order chi connectivity index (χ1) is 9.81. The standard InChI is InChI=1S/C14H15BN2O4/c1-14(2)13(18)17(3)11-7-16-10-5-4-8(15(19)20)6-9(10)12(11)21-14/h4-7,19-20H,1-3H3. The van der Waals surface area contributed by atoms with Crippen molar-refractivity contribution in [3.63, 3.8) is 0 Å². The van der Waals surface area contributed by atoms with Crippen LogP contribution in [0.25, 0.3) is 10.9 Å². The SMILES string of the molecule is CN1C(=O)C(C)(C)Oc2c1cnc1ccc(B(O)O)cc21. The van der Waals surface area contributed by atoms with E-state index in [-0.39, 0.29) is 5.91 Å². The molecular formula is C14H15BN2O4. The molecule has 1 aliphatic heterocycles. The molecule has 0 bridgehead atoms. The van der Waals surface area contributed by atoms with Gasteiger partial charge in [-0.3, -0.25) is 9.78 Å². The van der Waals surface area contributed by atoms with Crippen molar-refractivity contribution in [1.29, 1.82) is 0 Å². The first-order valence-corrected chi connectivity index (χ1v) is 6.57. The summed E-state index contributed by atoms with van der Waals surface area (Å²) in [4.78, 5) is 18.0. The van der Waals surface area contributed by atoms with E-state index in [1.165, 1.54) is 4.90 Å². The van der Waals surface area contributed by atoms with Gasteiger partial charge in [0, 0.05) is 12.4 Å². The van der Waals surface area contributed by atoms with Crippen LogP contribution in [0.3, 0.4) is 0 Å². The van der Waals surface area contributed by atoms with E-state index in [1.807, 2.05) is 0 Å². The molecule has 0 saturated heterocycles. The topological polar surface area (TPSA) is 82.9 Å². The average Bonchev–Trinajstić information content (AvgIpc) is 2.44. The van der Waals surface area contributed by atoms with Gasteiger partial charge >= 0.3 is 7.12 Å². The summed E-state index contributed by atoms with van der Waals surface area (Å²) in [6, 6.07) is 4.90. The molecule has 0 aliphatic carbocycles. The molecular weight excluding hydrogens is 271 g/mol. The number of likely N-dealkylation sites (N-methyl/N-ethyl adjacent to an activating group) is 1. The van der Waals surface area contributed by atoms with Crippen molar-refractivity contribution in [2.75, 3.05) is 11.9 Å². The summed E-state index contributed by atoms with van der Waals surface area (Å²) in [5.41, 5.74) is 0.593. The van der Waals surface area contributed by atoms with Crippen LogP contribution in [0.5, 0.6) is 5.75 Å². The van der Waals surface area contributed by atoms with E-state index in [1.54, 1.807) is 45.3 Å². The van der Waals surface area contributed by atoms with Gasteiger partial charge in [-0.1, -0.05) is 6.07 Å². The first-order valence-electron chi connectivity index (χ1n) is 6.57. The number of fused-ring (bicyclic) bond motifs is 3. The van der Waals surface area contributed by atoms with Gasteiger partial charge in [0.1, 0.15) is 5.69 Å². The summed E-state index contributed by atoms with van der Waals surface area (Å²) in [7, 11) is 0.102. The number of amides is 1. The number of rotatable bonds is 1. The molecule has 2 N–H and O–H groups in total. The predicted octanol–water partition coefficient (Wildman–Crippen LogP) is 0.0484. The lowest BCUT2D eigenvalue weighted by Gasteiger charge is -2.37. The van der Waals surface area contributed by atoms with Gasteiger partial charge in [0.25, 0.3) is 5.91 Å². The molecule has 0 atom stereocenters. The van der Waals surface area contributed by atoms with Gasteiger partial charge in [-0.05, 0) is 31.4 Å². The highest BCUT2D eigenvalue weighted by molar-refractivity contribution is 6.59. The Bertz CT molecular complexity index is 745. The molecule has 0 fully saturated rings. The molecule has 0 unspecified atom stereocenters. The van der Waals surface area contributed by atoms with Crippen LogP contribution in [0.2, 0.25) is 0 Å². The van der Waals surface area contributed by atoms with E-state index in [0.29, 0.717) is 27.8 Å². The third kappa shape index (κ3) is 2.05. The highest BCUT2D eigenvalue weighted by atomic mass is 16.5. The second-order valence-corrected chi connectivity index (χ2v) is 5.60. The van der Waals surface area contributed by atoms with Gasteiger partial charge in [0.2, 0.25) is 0 Å². The summed E-state index contributed by atoms with van der Waals surface area (Å²) in [6.07, 6.45) is 1.58. The minimum absolute atomic E-state index is 0.158. The second kappa shape index (κ2) is 4.44. The van der Waals surface area contributed by atoms with Crippen molar-refractivity contribution >= 4 is 35.1 Å². The molecule has 1 aliphatic rings. The molecule has 0 saturated carbocycles. The summed E-state index contributed by atoms with van der Waals surface area (Å²) >= 11 is 0. The molecule has 0 radical (unpaired) electrons. The number of nitrogens with zero attached hydrogens (tertiary/aromatic N) is 2. The van der Waals surface area contributed by atoms with Crippen LogP contribution in [0.4, 0.5) is 5.69 Å². The fourth-order valence-electron chi connectivity index (χ4n) is 2.49. The lowest BCUT2D eigenvalue weighted by atomic mass is 9.79. The smallest absolute Gasteiger partial charge is 0.475 e. The van der Waals surface area contributed by atoms with Crippen molar-refractivity contribution in [2.45, 2.75) is 19.4 Å². The van der Waals surface area contributed by atoms with Crippen molar-refractivity contribution in [2.24, 2.45) is 0 Å². The van der Waals surface area contributed by atoms with Crippen LogP contribution in [0, 0.1) is 0 Å². The molecule has 21 heavy (non-hydrogen) atoms. The zero-order chi connectivity index (χ0) is 15.4. The number of carbonyl (C=O) groups excluding carboxylic acids is 1. The van der Waals surface area contributed by atoms with Crippen LogP contribution in [-0.2, 0) is 4.79 Å². The van der Waals surface area contributed by atoms with E-state index in [4.69, 9.17) is 4.74 Å². The number of hydrogen-bond donors (Lipinski definition) is 2. The number of anilines is 1. The predicted molar refractivity (Wildman–Crippen MR) is 79.7 cm³/mol. The van der Waals surface area contributed by atoms with Crippen LogP contribution in [-0.4, -0.2) is 40.7 Å². The molecule has 1 amide bonds. The molecule has 2 aromatic rings. The average molecular weight is 286 g/mol. The quantitative estimate of drug-likeness (QED) is 0.724. The molecule has 7 heteroatoms. The van der Waals surface area contributed by atoms with Crippen LogP contribution < -0.4 is 15.1 Å². The van der Waals surface area contributed by atoms with Crippen LogP contribution in [0.15, 0.2) is 24.4 Å². The Morgan fingerprint density at radius 1 is 1.33 bits per heavy atom. The maximum Gasteiger partial charge on any atom is 0.488 e. The van der Waals surface area contributed by atoms with Gasteiger partial charge in [-0.25, -0.2) is 0 Å². The minimum Gasteiger partial charge on any atom is -0.475 e. The number of hydrogen-bond acceptors (Lipinski definition) is 5. The van der Waals surface area contributed by atoms with Crippen molar-refractivity contribution < 1.29 is 19.6 Å². The monoisotopic (exact) mass is 286 g/mol. The summed E-state index contributed by atoms with van der Waals surface area (Å²) in [6.45, 7) is 3.40. The second-order valence-electron chi connectivity index (χ2n) is 5.60. The van der Waals surface area contributed by atoms with E-state index in [0.717, 1.165) is 0 Å². The van der Waals surface area contributed by atoms with Crippen molar-refractivity contribution in [1.82, 2.24) is 4.98 Å². The molecule has 3 rings (SSSR count). The van der Waals surface area contributed by atoms with Gasteiger partial charge in [-0.2, -0.15) is 0 Å². The minimum atomic E-state index is -1.57. The number of carbonyl (C=O) groups is 1. The summed E-state index contributed by atoms with van der Waals surface area (Å²) in [5.74, 6) is 0.365. The lowest BCUT2D eigenvalue weighted by Crippen LogP contribution is -2.51. The third-order valence-electron chi connectivity index (χ3n) is 3.66. The number of ether oxygens (including phenoxy) is 1. The van der Waals surface area contributed by atoms with Gasteiger partial charge in [-0.15, -0.1) is 0 Å². The molecule has 108 valence electrons. The third-order valence-corrected chi connectivity index (χ3v) is 3.66. The summed E-state index contributed by atoms with van der Waals surface area (Å²) < 4.78 is 5.86. The van der Waals surface area contributed by atoms with Gasteiger partial charge in [0.15, 0.2) is 11.4 Å². The Balaban J connectivity index is 2.29. The van der Waals surface area contributed by atoms with Gasteiger partial charge < -0.3 is 19.7 Å². The van der Waals surface area contributed by atoms with Gasteiger partial charge in [0.05, 0.1) is 11.7 Å². The van der Waals surface area contributed by atoms with Crippen molar-refractivity contribution in [3.8, 4) is 5.75 Å². The number of benzene rings is 1. The Labute approximate surface area is 122 Å². The Kier molecular flexibility index (Phi) is 2.93. The normalized spacial score (nSPS) is 16.6. The fraction of sp³-hybridized carbons (Fsp3) is 0.286. The maximum atomic E-state index is 12.2. The zero-order valence-electron chi connectivity index (χ0n) is 12.0. The van der Waals surface area contributed by atoms with E-state index in [2.05, 4.69) is 4.98 Å². The lowest BCUT2D eigenvalue weighted by molar-refractivity contribution is -0.132. The van der Waals surface area contributed by atoms with E-state index >= 15 is 0 Å². The molecule has 2 heterocycles. The van der Waals surface area contributed by atoms with Crippen LogP contribution in [0.1, 0.15) is 13.8 Å². The van der Waals surface area contributed by atoms with Crippen molar-refractivity contribution in [3.05, 3.63) is 24.4 Å². The van der Waals surface area contributed by atoms with Crippen LogP contribution >= 0.6 is 0 Å².